The van der Waals surface area contributed by atoms with Crippen molar-refractivity contribution >= 4 is 45.8 Å². The van der Waals surface area contributed by atoms with Gasteiger partial charge in [-0.1, -0.05) is 23.2 Å². The molecule has 22 heavy (non-hydrogen) atoms. The molecule has 0 aliphatic carbocycles. The summed E-state index contributed by atoms with van der Waals surface area (Å²) in [6.45, 7) is 0.291. The number of aromatic amines is 1. The number of aromatic nitrogens is 2. The van der Waals surface area contributed by atoms with Crippen LogP contribution in [0.25, 0.3) is 11.0 Å². The number of amides is 1. The van der Waals surface area contributed by atoms with Gasteiger partial charge in [0.15, 0.2) is 0 Å². The number of nitrogens with zero attached hydrogens (tertiary/aromatic N) is 1. The van der Waals surface area contributed by atoms with Crippen molar-refractivity contribution in [2.75, 3.05) is 18.9 Å². The summed E-state index contributed by atoms with van der Waals surface area (Å²) in [6.07, 6.45) is 0.0711. The highest BCUT2D eigenvalue weighted by molar-refractivity contribution is 6.45. The zero-order valence-electron chi connectivity index (χ0n) is 11.5. The molecule has 1 aliphatic rings. The van der Waals surface area contributed by atoms with E-state index in [-0.39, 0.29) is 22.4 Å². The highest BCUT2D eigenvalue weighted by atomic mass is 35.5. The molecular weight excluding hydrogens is 331 g/mol. The van der Waals surface area contributed by atoms with Crippen molar-refractivity contribution in [1.82, 2.24) is 14.9 Å². The van der Waals surface area contributed by atoms with Crippen molar-refractivity contribution in [3.63, 3.8) is 0 Å². The van der Waals surface area contributed by atoms with Crippen LogP contribution in [0.2, 0.25) is 10.0 Å². The number of H-pyrrole nitrogens is 1. The summed E-state index contributed by atoms with van der Waals surface area (Å²) < 4.78 is 1.32. The third-order valence-corrected chi connectivity index (χ3v) is 4.46. The van der Waals surface area contributed by atoms with Gasteiger partial charge in [0.2, 0.25) is 5.91 Å². The van der Waals surface area contributed by atoms with Crippen LogP contribution in [0.15, 0.2) is 15.7 Å². The summed E-state index contributed by atoms with van der Waals surface area (Å²) in [5.74, 6) is -0.226. The predicted octanol–water partition coefficient (Wildman–Crippen LogP) is 1.10. The summed E-state index contributed by atoms with van der Waals surface area (Å²) >= 11 is 12.2. The molecule has 2 aromatic rings. The van der Waals surface area contributed by atoms with Crippen LogP contribution in [0.1, 0.15) is 12.5 Å². The van der Waals surface area contributed by atoms with Crippen LogP contribution < -0.4 is 21.8 Å². The second-order valence-corrected chi connectivity index (χ2v) is 5.77. The molecule has 0 spiro atoms. The minimum atomic E-state index is -0.763. The molecule has 0 fully saturated rings. The van der Waals surface area contributed by atoms with Crippen LogP contribution in [0, 0.1) is 0 Å². The van der Waals surface area contributed by atoms with Crippen LogP contribution in [-0.4, -0.2) is 29.1 Å². The van der Waals surface area contributed by atoms with Gasteiger partial charge in [0.1, 0.15) is 0 Å². The first-order valence-electron chi connectivity index (χ1n) is 6.55. The zero-order valence-corrected chi connectivity index (χ0v) is 13.0. The molecule has 3 N–H and O–H groups in total. The average Bonchev–Trinajstić information content (AvgIpc) is 2.50. The maximum atomic E-state index is 12.3. The lowest BCUT2D eigenvalue weighted by atomic mass is 10.1. The van der Waals surface area contributed by atoms with Gasteiger partial charge >= 0.3 is 11.1 Å². The SMILES string of the molecule is CNC(=O)CC1CNc2c(Cl)c(Cl)cc3[nH]c(=O)c(=O)n1c23. The van der Waals surface area contributed by atoms with Gasteiger partial charge in [-0.05, 0) is 6.07 Å². The number of carbonyl (C=O) groups is 1. The first-order valence-corrected chi connectivity index (χ1v) is 7.30. The van der Waals surface area contributed by atoms with Gasteiger partial charge in [-0.25, -0.2) is 0 Å². The fourth-order valence-corrected chi connectivity index (χ4v) is 3.06. The van der Waals surface area contributed by atoms with E-state index in [2.05, 4.69) is 15.6 Å². The Morgan fingerprint density at radius 3 is 2.86 bits per heavy atom. The minimum absolute atomic E-state index is 0.0711. The number of hydrogen-bond acceptors (Lipinski definition) is 4. The molecule has 0 saturated heterocycles. The van der Waals surface area contributed by atoms with Gasteiger partial charge in [-0.2, -0.15) is 0 Å². The Bertz CT molecular complexity index is 903. The number of nitrogens with one attached hydrogen (secondary N) is 3. The molecule has 2 heterocycles. The molecule has 7 nitrogen and oxygen atoms in total. The summed E-state index contributed by atoms with van der Waals surface area (Å²) in [5.41, 5.74) is -0.170. The number of anilines is 1. The number of carbonyl (C=O) groups excluding carboxylic acids is 1. The standard InChI is InChI=1S/C13H12Cl2N4O3/c1-16-8(20)2-5-4-17-10-9(15)6(14)3-7-11(10)19(5)13(22)12(21)18-7/h3,5,17H,2,4H2,1H3,(H,16,20)(H,18,21). The van der Waals surface area contributed by atoms with E-state index in [1.165, 1.54) is 17.7 Å². The van der Waals surface area contributed by atoms with Crippen molar-refractivity contribution < 1.29 is 4.79 Å². The summed E-state index contributed by atoms with van der Waals surface area (Å²) in [7, 11) is 1.51. The van der Waals surface area contributed by atoms with Crippen molar-refractivity contribution in [1.29, 1.82) is 0 Å². The van der Waals surface area contributed by atoms with Crippen LogP contribution in [-0.2, 0) is 4.79 Å². The monoisotopic (exact) mass is 342 g/mol. The Kier molecular flexibility index (Phi) is 3.62. The second-order valence-electron chi connectivity index (χ2n) is 4.98. The van der Waals surface area contributed by atoms with Crippen LogP contribution in [0.3, 0.4) is 0 Å². The topological polar surface area (TPSA) is 96.0 Å². The van der Waals surface area contributed by atoms with E-state index < -0.39 is 17.2 Å². The fourth-order valence-electron chi connectivity index (χ4n) is 2.65. The Balaban J connectivity index is 2.35. The lowest BCUT2D eigenvalue weighted by molar-refractivity contribution is -0.121. The molecule has 1 aromatic heterocycles. The van der Waals surface area contributed by atoms with Gasteiger partial charge < -0.3 is 15.6 Å². The Morgan fingerprint density at radius 1 is 1.45 bits per heavy atom. The molecule has 9 heteroatoms. The molecule has 0 saturated carbocycles. The number of halogens is 2. The largest absolute Gasteiger partial charge is 0.380 e. The third kappa shape index (κ3) is 2.17. The highest BCUT2D eigenvalue weighted by Gasteiger charge is 2.27. The molecule has 3 rings (SSSR count). The average molecular weight is 343 g/mol. The molecule has 1 aromatic carbocycles. The summed E-state index contributed by atoms with van der Waals surface area (Å²) in [6, 6.07) is 1.01. The Labute approximate surface area is 134 Å². The van der Waals surface area contributed by atoms with Crippen LogP contribution in [0.4, 0.5) is 5.69 Å². The maximum absolute atomic E-state index is 12.3. The van der Waals surface area contributed by atoms with E-state index in [1.54, 1.807) is 0 Å². The lowest BCUT2D eigenvalue weighted by Crippen LogP contribution is -2.43. The van der Waals surface area contributed by atoms with Gasteiger partial charge in [-0.3, -0.25) is 19.0 Å². The fraction of sp³-hybridized carbons (Fsp3) is 0.308. The predicted molar refractivity (Wildman–Crippen MR) is 85.1 cm³/mol. The highest BCUT2D eigenvalue weighted by Crippen LogP contribution is 2.39. The normalized spacial score (nSPS) is 16.4. The number of hydrogen-bond donors (Lipinski definition) is 3. The van der Waals surface area contributed by atoms with Crippen molar-refractivity contribution in [3.05, 3.63) is 36.8 Å². The zero-order chi connectivity index (χ0) is 16.0. The molecule has 1 atom stereocenters. The van der Waals surface area contributed by atoms with Gasteiger partial charge in [0, 0.05) is 20.0 Å². The van der Waals surface area contributed by atoms with Gasteiger partial charge in [-0.15, -0.1) is 0 Å². The first-order chi connectivity index (χ1) is 10.4. The van der Waals surface area contributed by atoms with E-state index >= 15 is 0 Å². The van der Waals surface area contributed by atoms with E-state index in [4.69, 9.17) is 23.2 Å². The molecule has 0 radical (unpaired) electrons. The maximum Gasteiger partial charge on any atom is 0.317 e. The minimum Gasteiger partial charge on any atom is -0.380 e. The first kappa shape index (κ1) is 14.9. The lowest BCUT2D eigenvalue weighted by Gasteiger charge is -2.29. The molecule has 0 bridgehead atoms. The van der Waals surface area contributed by atoms with Crippen LogP contribution in [0.5, 0.6) is 0 Å². The molecule has 116 valence electrons. The molecule has 1 unspecified atom stereocenters. The Morgan fingerprint density at radius 2 is 2.18 bits per heavy atom. The summed E-state index contributed by atoms with van der Waals surface area (Å²) in [4.78, 5) is 38.3. The van der Waals surface area contributed by atoms with Crippen molar-refractivity contribution in [2.24, 2.45) is 0 Å². The quantitative estimate of drug-likeness (QED) is 0.712. The van der Waals surface area contributed by atoms with Gasteiger partial charge in [0.05, 0.1) is 32.8 Å². The number of rotatable bonds is 2. The molecular formula is C13H12Cl2N4O3. The van der Waals surface area contributed by atoms with Gasteiger partial charge in [0.25, 0.3) is 0 Å². The third-order valence-electron chi connectivity index (χ3n) is 3.67. The van der Waals surface area contributed by atoms with E-state index in [0.29, 0.717) is 23.3 Å². The van der Waals surface area contributed by atoms with Crippen molar-refractivity contribution in [2.45, 2.75) is 12.5 Å². The summed E-state index contributed by atoms with van der Waals surface area (Å²) in [5, 5.41) is 6.13. The smallest absolute Gasteiger partial charge is 0.317 e. The number of benzene rings is 1. The van der Waals surface area contributed by atoms with Crippen LogP contribution >= 0.6 is 23.2 Å². The van der Waals surface area contributed by atoms with Crippen molar-refractivity contribution in [3.8, 4) is 0 Å². The second kappa shape index (κ2) is 5.33. The Hall–Kier alpha value is -1.99. The molecule has 1 amide bonds. The van der Waals surface area contributed by atoms with E-state index in [0.717, 1.165) is 0 Å². The van der Waals surface area contributed by atoms with E-state index in [9.17, 15) is 14.4 Å². The van der Waals surface area contributed by atoms with E-state index in [1.807, 2.05) is 0 Å². The molecule has 1 aliphatic heterocycles.